The normalized spacial score (nSPS) is 10.6. The first kappa shape index (κ1) is 11.3. The first-order chi connectivity index (χ1) is 6.43. The van der Waals surface area contributed by atoms with Gasteiger partial charge in [0.2, 0.25) is 0 Å². The Morgan fingerprint density at radius 3 is 2.64 bits per heavy atom. The van der Waals surface area contributed by atoms with E-state index in [0.29, 0.717) is 9.13 Å². The Morgan fingerprint density at radius 2 is 2.21 bits per heavy atom. The van der Waals surface area contributed by atoms with Gasteiger partial charge < -0.3 is 5.11 Å². The van der Waals surface area contributed by atoms with Crippen LogP contribution in [0.25, 0.3) is 0 Å². The van der Waals surface area contributed by atoms with Gasteiger partial charge in [-0.15, -0.1) is 0 Å². The molecule has 1 rings (SSSR count). The third-order valence-electron chi connectivity index (χ3n) is 1.67. The zero-order chi connectivity index (χ0) is 10.9. The molecule has 1 heterocycles. The smallest absolute Gasteiger partial charge is 0.354 e. The van der Waals surface area contributed by atoms with Gasteiger partial charge in [0, 0.05) is 3.57 Å². The average Bonchev–Trinajstić information content (AvgIpc) is 2.08. The lowest BCUT2D eigenvalue weighted by Gasteiger charge is -2.06. The van der Waals surface area contributed by atoms with Gasteiger partial charge in [0.25, 0.3) is 6.43 Å². The number of hydrogen-bond acceptors (Lipinski definition) is 2. The fraction of sp³-hybridized carbons (Fsp3) is 0.250. The van der Waals surface area contributed by atoms with E-state index in [0.717, 1.165) is 0 Å². The van der Waals surface area contributed by atoms with Crippen LogP contribution in [0, 0.1) is 10.5 Å². The van der Waals surface area contributed by atoms with Crippen molar-refractivity contribution in [3.05, 3.63) is 26.6 Å². The molecule has 0 unspecified atom stereocenters. The molecule has 0 saturated carbocycles. The maximum atomic E-state index is 12.4. The summed E-state index contributed by atoms with van der Waals surface area (Å²) in [5.74, 6) is -1.30. The zero-order valence-electron chi connectivity index (χ0n) is 7.09. The summed E-state index contributed by atoms with van der Waals surface area (Å²) in [5.41, 5.74) is -0.491. The average molecular weight is 313 g/mol. The minimum atomic E-state index is -2.75. The fourth-order valence-electron chi connectivity index (χ4n) is 0.919. The number of carboxylic acid groups (broad SMARTS) is 1. The molecule has 0 amide bonds. The lowest BCUT2D eigenvalue weighted by Crippen LogP contribution is -2.06. The topological polar surface area (TPSA) is 50.2 Å². The molecular weight excluding hydrogens is 307 g/mol. The van der Waals surface area contributed by atoms with Gasteiger partial charge in [-0.25, -0.2) is 18.6 Å². The molecule has 3 nitrogen and oxygen atoms in total. The van der Waals surface area contributed by atoms with Crippen molar-refractivity contribution < 1.29 is 18.7 Å². The van der Waals surface area contributed by atoms with Crippen LogP contribution in [-0.4, -0.2) is 16.1 Å². The zero-order valence-corrected chi connectivity index (χ0v) is 9.25. The summed E-state index contributed by atoms with van der Waals surface area (Å²) in [6.45, 7) is 1.49. The minimum Gasteiger partial charge on any atom is -0.477 e. The van der Waals surface area contributed by atoms with E-state index in [2.05, 4.69) is 4.98 Å². The van der Waals surface area contributed by atoms with Crippen LogP contribution in [0.1, 0.15) is 28.2 Å². The highest BCUT2D eigenvalue weighted by molar-refractivity contribution is 14.1. The molecule has 0 radical (unpaired) electrons. The van der Waals surface area contributed by atoms with E-state index in [1.165, 1.54) is 13.0 Å². The Morgan fingerprint density at radius 1 is 1.64 bits per heavy atom. The Hall–Kier alpha value is -0.790. The SMILES string of the molecule is Cc1c(I)cc(C(=O)O)nc1C(F)F. The van der Waals surface area contributed by atoms with Crippen molar-refractivity contribution in [3.63, 3.8) is 0 Å². The van der Waals surface area contributed by atoms with Gasteiger partial charge in [-0.2, -0.15) is 0 Å². The Labute approximate surface area is 92.3 Å². The van der Waals surface area contributed by atoms with Crippen molar-refractivity contribution in [2.24, 2.45) is 0 Å². The van der Waals surface area contributed by atoms with Crippen LogP contribution >= 0.6 is 22.6 Å². The summed E-state index contributed by atoms with van der Waals surface area (Å²) in [6, 6.07) is 1.27. The lowest BCUT2D eigenvalue weighted by molar-refractivity contribution is 0.0688. The highest BCUT2D eigenvalue weighted by atomic mass is 127. The van der Waals surface area contributed by atoms with Crippen molar-refractivity contribution >= 4 is 28.6 Å². The molecular formula is C8H6F2INO2. The van der Waals surface area contributed by atoms with E-state index >= 15 is 0 Å². The second-order valence-electron chi connectivity index (χ2n) is 2.61. The third kappa shape index (κ3) is 2.17. The van der Waals surface area contributed by atoms with E-state index in [1.807, 2.05) is 0 Å². The molecule has 6 heteroatoms. The van der Waals surface area contributed by atoms with Gasteiger partial charge in [0.15, 0.2) is 0 Å². The van der Waals surface area contributed by atoms with Gasteiger partial charge in [0.05, 0.1) is 0 Å². The first-order valence-electron chi connectivity index (χ1n) is 3.62. The van der Waals surface area contributed by atoms with E-state index in [1.54, 1.807) is 22.6 Å². The largest absolute Gasteiger partial charge is 0.477 e. The monoisotopic (exact) mass is 313 g/mol. The molecule has 1 aromatic heterocycles. The van der Waals surface area contributed by atoms with Gasteiger partial charge in [-0.05, 0) is 41.1 Å². The molecule has 14 heavy (non-hydrogen) atoms. The van der Waals surface area contributed by atoms with Crippen LogP contribution in [0.2, 0.25) is 0 Å². The summed E-state index contributed by atoms with van der Waals surface area (Å²) in [4.78, 5) is 13.9. The van der Waals surface area contributed by atoms with E-state index in [4.69, 9.17) is 5.11 Å². The van der Waals surface area contributed by atoms with E-state index in [-0.39, 0.29) is 5.69 Å². The number of aromatic nitrogens is 1. The van der Waals surface area contributed by atoms with Gasteiger partial charge in [-0.1, -0.05) is 0 Å². The molecule has 0 aromatic carbocycles. The molecule has 0 atom stereocenters. The van der Waals surface area contributed by atoms with Crippen LogP contribution in [0.3, 0.4) is 0 Å². The number of rotatable bonds is 2. The molecule has 0 aliphatic heterocycles. The van der Waals surface area contributed by atoms with Crippen molar-refractivity contribution in [2.45, 2.75) is 13.3 Å². The van der Waals surface area contributed by atoms with Crippen LogP contribution in [-0.2, 0) is 0 Å². The second kappa shape index (κ2) is 4.16. The molecule has 0 saturated heterocycles. The predicted molar refractivity (Wildman–Crippen MR) is 53.6 cm³/mol. The van der Waals surface area contributed by atoms with Crippen molar-refractivity contribution in [2.75, 3.05) is 0 Å². The molecule has 76 valence electrons. The van der Waals surface area contributed by atoms with E-state index in [9.17, 15) is 13.6 Å². The number of alkyl halides is 2. The molecule has 0 bridgehead atoms. The maximum absolute atomic E-state index is 12.4. The number of pyridine rings is 1. The summed E-state index contributed by atoms with van der Waals surface area (Å²) in [6.07, 6.45) is -2.75. The Bertz CT molecular complexity index is 382. The number of carboxylic acids is 1. The number of nitrogens with zero attached hydrogens (tertiary/aromatic N) is 1. The minimum absolute atomic E-state index is 0.325. The molecule has 0 aliphatic rings. The Balaban J connectivity index is 3.35. The van der Waals surface area contributed by atoms with Crippen LogP contribution < -0.4 is 0 Å². The van der Waals surface area contributed by atoms with Crippen LogP contribution in [0.15, 0.2) is 6.07 Å². The maximum Gasteiger partial charge on any atom is 0.354 e. The first-order valence-corrected chi connectivity index (χ1v) is 4.70. The molecule has 1 N–H and O–H groups in total. The quantitative estimate of drug-likeness (QED) is 0.854. The summed E-state index contributed by atoms with van der Waals surface area (Å²) in [7, 11) is 0. The summed E-state index contributed by atoms with van der Waals surface area (Å²) >= 11 is 1.81. The number of hydrogen-bond donors (Lipinski definition) is 1. The third-order valence-corrected chi connectivity index (χ3v) is 2.79. The highest BCUT2D eigenvalue weighted by Crippen LogP contribution is 2.24. The van der Waals surface area contributed by atoms with Crippen molar-refractivity contribution in [1.82, 2.24) is 4.98 Å². The van der Waals surface area contributed by atoms with Gasteiger partial charge in [0.1, 0.15) is 11.4 Å². The molecule has 0 aliphatic carbocycles. The van der Waals surface area contributed by atoms with Crippen LogP contribution in [0.4, 0.5) is 8.78 Å². The van der Waals surface area contributed by atoms with E-state index < -0.39 is 18.1 Å². The van der Waals surface area contributed by atoms with Crippen molar-refractivity contribution in [1.29, 1.82) is 0 Å². The summed E-state index contributed by atoms with van der Waals surface area (Å²) < 4.78 is 25.3. The number of halogens is 3. The number of aromatic carboxylic acids is 1. The second-order valence-corrected chi connectivity index (χ2v) is 3.77. The summed E-state index contributed by atoms with van der Waals surface area (Å²) in [5, 5.41) is 8.60. The standard InChI is InChI=1S/C8H6F2INO2/c1-3-4(11)2-5(8(13)14)12-6(3)7(9)10/h2,7H,1H3,(H,13,14). The molecule has 0 spiro atoms. The van der Waals surface area contributed by atoms with Crippen molar-refractivity contribution in [3.8, 4) is 0 Å². The molecule has 0 fully saturated rings. The highest BCUT2D eigenvalue weighted by Gasteiger charge is 2.18. The van der Waals surface area contributed by atoms with Gasteiger partial charge >= 0.3 is 5.97 Å². The fourth-order valence-corrected chi connectivity index (χ4v) is 1.49. The lowest BCUT2D eigenvalue weighted by atomic mass is 10.2. The Kier molecular flexibility index (Phi) is 3.35. The number of carbonyl (C=O) groups is 1. The predicted octanol–water partition coefficient (Wildman–Crippen LogP) is 2.63. The van der Waals surface area contributed by atoms with Gasteiger partial charge in [-0.3, -0.25) is 0 Å². The molecule has 1 aromatic rings. The van der Waals surface area contributed by atoms with Crippen LogP contribution in [0.5, 0.6) is 0 Å².